The molecule has 0 amide bonds. The van der Waals surface area contributed by atoms with Crippen LogP contribution in [0.15, 0.2) is 0 Å². The molecule has 3 nitrogen and oxygen atoms in total. The molecule has 14 heavy (non-hydrogen) atoms. The van der Waals surface area contributed by atoms with E-state index in [9.17, 15) is 9.90 Å². The van der Waals surface area contributed by atoms with E-state index >= 15 is 0 Å². The minimum Gasteiger partial charge on any atom is -0.392 e. The second-order valence-electron chi connectivity index (χ2n) is 4.13. The van der Waals surface area contributed by atoms with E-state index in [4.69, 9.17) is 11.2 Å². The van der Waals surface area contributed by atoms with Gasteiger partial charge in [-0.15, -0.1) is 12.3 Å². The van der Waals surface area contributed by atoms with Crippen LogP contribution in [0.3, 0.4) is 0 Å². The van der Waals surface area contributed by atoms with Gasteiger partial charge in [0.1, 0.15) is 5.60 Å². The van der Waals surface area contributed by atoms with Gasteiger partial charge in [-0.1, -0.05) is 0 Å². The zero-order valence-corrected chi connectivity index (χ0v) is 8.19. The molecule has 2 saturated carbocycles. The van der Waals surface area contributed by atoms with Gasteiger partial charge in [-0.3, -0.25) is 4.79 Å². The highest BCUT2D eigenvalue weighted by Gasteiger charge is 2.61. The highest BCUT2D eigenvalue weighted by atomic mass is 16.5. The van der Waals surface area contributed by atoms with E-state index in [1.54, 1.807) is 7.11 Å². The number of aliphatic hydroxyl groups excluding tert-OH is 1. The number of carbonyl (C=O) groups is 1. The van der Waals surface area contributed by atoms with Crippen molar-refractivity contribution in [3.05, 3.63) is 0 Å². The molecule has 0 unspecified atom stereocenters. The van der Waals surface area contributed by atoms with Crippen molar-refractivity contribution >= 4 is 5.78 Å². The van der Waals surface area contributed by atoms with Gasteiger partial charge < -0.3 is 9.84 Å². The quantitative estimate of drug-likeness (QED) is 0.613. The van der Waals surface area contributed by atoms with E-state index in [0.717, 1.165) is 0 Å². The first-order chi connectivity index (χ1) is 6.65. The number of Topliss-reactive ketones (excluding diaryl/α,β-unsaturated/α-hetero) is 1. The summed E-state index contributed by atoms with van der Waals surface area (Å²) in [5, 5.41) is 9.68. The first-order valence-electron chi connectivity index (χ1n) is 4.88. The van der Waals surface area contributed by atoms with Crippen molar-refractivity contribution in [2.45, 2.75) is 31.0 Å². The Morgan fingerprint density at radius 1 is 1.71 bits per heavy atom. The standard InChI is InChI=1S/C11H14O3/c1-3-7-8-6-10(13)11(8,14-2)5-4-9(7)12/h1,7-9,12H,4-6H2,2H3/t7-,8-,9-,11-/m1/s1. The van der Waals surface area contributed by atoms with Gasteiger partial charge in [0.2, 0.25) is 0 Å². The summed E-state index contributed by atoms with van der Waals surface area (Å²) in [5.41, 5.74) is -0.670. The topological polar surface area (TPSA) is 46.5 Å². The average molecular weight is 194 g/mol. The minimum atomic E-state index is -0.670. The average Bonchev–Trinajstić information content (AvgIpc) is 2.18. The molecule has 0 aromatic rings. The number of methoxy groups -OCH3 is 1. The summed E-state index contributed by atoms with van der Waals surface area (Å²) in [6.07, 6.45) is 6.51. The molecule has 2 aliphatic rings. The van der Waals surface area contributed by atoms with Crippen LogP contribution < -0.4 is 0 Å². The molecule has 0 radical (unpaired) electrons. The highest BCUT2D eigenvalue weighted by Crippen LogP contribution is 2.50. The van der Waals surface area contributed by atoms with Crippen LogP contribution in [0, 0.1) is 24.2 Å². The van der Waals surface area contributed by atoms with Gasteiger partial charge in [-0.05, 0) is 12.8 Å². The Labute approximate surface area is 83.4 Å². The predicted molar refractivity (Wildman–Crippen MR) is 50.4 cm³/mol. The summed E-state index contributed by atoms with van der Waals surface area (Å²) in [7, 11) is 1.55. The Morgan fingerprint density at radius 3 is 2.93 bits per heavy atom. The molecule has 3 heteroatoms. The normalized spacial score (nSPS) is 46.4. The van der Waals surface area contributed by atoms with Crippen molar-refractivity contribution in [3.63, 3.8) is 0 Å². The van der Waals surface area contributed by atoms with Gasteiger partial charge in [0.25, 0.3) is 0 Å². The zero-order valence-electron chi connectivity index (χ0n) is 8.19. The molecule has 1 N–H and O–H groups in total. The van der Waals surface area contributed by atoms with Crippen LogP contribution in [0.2, 0.25) is 0 Å². The Balaban J connectivity index is 2.26. The Morgan fingerprint density at radius 2 is 2.43 bits per heavy atom. The largest absolute Gasteiger partial charge is 0.392 e. The van der Waals surface area contributed by atoms with E-state index in [0.29, 0.717) is 19.3 Å². The molecule has 76 valence electrons. The van der Waals surface area contributed by atoms with Crippen molar-refractivity contribution in [2.24, 2.45) is 11.8 Å². The molecule has 0 heterocycles. The maximum Gasteiger partial charge on any atom is 0.165 e. The van der Waals surface area contributed by atoms with E-state index in [1.807, 2.05) is 0 Å². The number of fused-ring (bicyclic) bond motifs is 1. The van der Waals surface area contributed by atoms with E-state index in [-0.39, 0.29) is 17.6 Å². The number of terminal acetylenes is 1. The first-order valence-corrected chi connectivity index (χ1v) is 4.88. The van der Waals surface area contributed by atoms with Crippen molar-refractivity contribution in [1.82, 2.24) is 0 Å². The number of ether oxygens (including phenoxy) is 1. The number of rotatable bonds is 1. The lowest BCUT2D eigenvalue weighted by atomic mass is 9.55. The molecule has 2 aliphatic carbocycles. The van der Waals surface area contributed by atoms with Crippen molar-refractivity contribution in [1.29, 1.82) is 0 Å². The molecule has 4 atom stereocenters. The molecule has 0 bridgehead atoms. The third-order valence-electron chi connectivity index (χ3n) is 3.69. The molecular weight excluding hydrogens is 180 g/mol. The van der Waals surface area contributed by atoms with Gasteiger partial charge in [-0.2, -0.15) is 0 Å². The van der Waals surface area contributed by atoms with Gasteiger partial charge in [0.15, 0.2) is 5.78 Å². The fourth-order valence-electron chi connectivity index (χ4n) is 2.76. The molecule has 0 aromatic heterocycles. The summed E-state index contributed by atoms with van der Waals surface area (Å²) < 4.78 is 5.31. The monoisotopic (exact) mass is 194 g/mol. The number of aliphatic hydroxyl groups is 1. The lowest BCUT2D eigenvalue weighted by Crippen LogP contribution is -2.64. The second kappa shape index (κ2) is 3.08. The van der Waals surface area contributed by atoms with Gasteiger partial charge >= 0.3 is 0 Å². The summed E-state index contributed by atoms with van der Waals surface area (Å²) in [6.45, 7) is 0. The highest BCUT2D eigenvalue weighted by molar-refractivity contribution is 5.94. The van der Waals surface area contributed by atoms with E-state index in [1.165, 1.54) is 0 Å². The first kappa shape index (κ1) is 9.70. The zero-order chi connectivity index (χ0) is 10.3. The maximum atomic E-state index is 11.5. The minimum absolute atomic E-state index is 0.0220. The smallest absolute Gasteiger partial charge is 0.165 e. The third kappa shape index (κ3) is 0.985. The van der Waals surface area contributed by atoms with Gasteiger partial charge in [0, 0.05) is 19.4 Å². The number of hydrogen-bond donors (Lipinski definition) is 1. The molecule has 0 aromatic carbocycles. The van der Waals surface area contributed by atoms with Crippen LogP contribution >= 0.6 is 0 Å². The molecule has 2 rings (SSSR count). The third-order valence-corrected chi connectivity index (χ3v) is 3.69. The Bertz CT molecular complexity index is 304. The van der Waals surface area contributed by atoms with Crippen LogP contribution in [-0.2, 0) is 9.53 Å². The van der Waals surface area contributed by atoms with Crippen molar-refractivity contribution in [3.8, 4) is 12.3 Å². The van der Waals surface area contributed by atoms with Crippen LogP contribution in [0.4, 0.5) is 0 Å². The van der Waals surface area contributed by atoms with Crippen LogP contribution in [-0.4, -0.2) is 29.7 Å². The number of ketones is 1. The van der Waals surface area contributed by atoms with Gasteiger partial charge in [0.05, 0.1) is 12.0 Å². The molecule has 2 fully saturated rings. The summed E-state index contributed by atoms with van der Waals surface area (Å²) in [5.74, 6) is 2.52. The maximum absolute atomic E-state index is 11.5. The molecule has 0 aliphatic heterocycles. The van der Waals surface area contributed by atoms with E-state index < -0.39 is 11.7 Å². The number of hydrogen-bond acceptors (Lipinski definition) is 3. The fourth-order valence-corrected chi connectivity index (χ4v) is 2.76. The SMILES string of the molecule is C#C[C@H]1[C@H](O)CC[C@]2(OC)C(=O)C[C@H]12. The predicted octanol–water partition coefficient (Wildman–Crippen LogP) is 0.365. The molecule has 0 saturated heterocycles. The summed E-state index contributed by atoms with van der Waals surface area (Å²) in [6, 6.07) is 0. The second-order valence-corrected chi connectivity index (χ2v) is 4.13. The summed E-state index contributed by atoms with van der Waals surface area (Å²) in [4.78, 5) is 11.5. The number of carbonyl (C=O) groups excluding carboxylic acids is 1. The lowest BCUT2D eigenvalue weighted by Gasteiger charge is -2.53. The Kier molecular flexibility index (Phi) is 2.13. The van der Waals surface area contributed by atoms with Crippen LogP contribution in [0.1, 0.15) is 19.3 Å². The van der Waals surface area contributed by atoms with Crippen molar-refractivity contribution in [2.75, 3.05) is 7.11 Å². The van der Waals surface area contributed by atoms with Crippen LogP contribution in [0.5, 0.6) is 0 Å². The molecule has 0 spiro atoms. The fraction of sp³-hybridized carbons (Fsp3) is 0.727. The molecular formula is C11H14O3. The Hall–Kier alpha value is -0.850. The lowest BCUT2D eigenvalue weighted by molar-refractivity contribution is -0.190. The van der Waals surface area contributed by atoms with Crippen molar-refractivity contribution < 1.29 is 14.6 Å². The van der Waals surface area contributed by atoms with Gasteiger partial charge in [-0.25, -0.2) is 0 Å². The summed E-state index contributed by atoms with van der Waals surface area (Å²) >= 11 is 0. The van der Waals surface area contributed by atoms with Crippen LogP contribution in [0.25, 0.3) is 0 Å². The van der Waals surface area contributed by atoms with E-state index in [2.05, 4.69) is 5.92 Å².